The number of thiophene rings is 1. The Kier molecular flexibility index (Phi) is 5.38. The van der Waals surface area contributed by atoms with E-state index >= 15 is 0 Å². The van der Waals surface area contributed by atoms with Gasteiger partial charge in [-0.25, -0.2) is 8.42 Å². The molecule has 0 bridgehead atoms. The van der Waals surface area contributed by atoms with Crippen LogP contribution in [-0.2, 0) is 10.0 Å². The summed E-state index contributed by atoms with van der Waals surface area (Å²) in [5.74, 6) is -0.391. The van der Waals surface area contributed by atoms with E-state index in [2.05, 4.69) is 20.2 Å². The molecule has 0 aliphatic heterocycles. The number of benzene rings is 2. The van der Waals surface area contributed by atoms with E-state index in [1.165, 1.54) is 35.6 Å². The molecule has 0 atom stereocenters. The molecule has 2 aromatic heterocycles. The maximum atomic E-state index is 12.5. The molecule has 0 aliphatic rings. The minimum Gasteiger partial charge on any atom is -0.296 e. The smallest absolute Gasteiger partial charge is 0.261 e. The number of hydrogen-bond acceptors (Lipinski definition) is 7. The Balaban J connectivity index is 1.45. The molecule has 29 heavy (non-hydrogen) atoms. The van der Waals surface area contributed by atoms with E-state index in [1.807, 2.05) is 16.8 Å². The van der Waals surface area contributed by atoms with E-state index in [0.29, 0.717) is 16.4 Å². The Bertz CT molecular complexity index is 1220. The molecule has 0 fully saturated rings. The fourth-order valence-corrected chi connectivity index (χ4v) is 4.96. The SMILES string of the molecule is O=C(Nc1nnc(-c2ccsc2)s1)c1ccc(S(=O)(=O)Nc2ccccc2)cc1. The standard InChI is InChI=1S/C19H14N4O3S3/c24-17(20-19-22-21-18(28-19)14-10-11-27-12-14)13-6-8-16(9-7-13)29(25,26)23-15-4-2-1-3-5-15/h1-12,23H,(H,20,22,24). The first kappa shape index (κ1) is 19.2. The molecule has 0 saturated carbocycles. The Labute approximate surface area is 175 Å². The van der Waals surface area contributed by atoms with Gasteiger partial charge in [0.25, 0.3) is 15.9 Å². The van der Waals surface area contributed by atoms with Gasteiger partial charge in [-0.2, -0.15) is 11.3 Å². The van der Waals surface area contributed by atoms with Gasteiger partial charge in [-0.3, -0.25) is 14.8 Å². The van der Waals surface area contributed by atoms with Crippen molar-refractivity contribution in [1.82, 2.24) is 10.2 Å². The average Bonchev–Trinajstić information content (AvgIpc) is 3.40. The number of hydrogen-bond donors (Lipinski definition) is 2. The summed E-state index contributed by atoms with van der Waals surface area (Å²) in [6, 6.07) is 16.2. The highest BCUT2D eigenvalue weighted by atomic mass is 32.2. The summed E-state index contributed by atoms with van der Waals surface area (Å²) >= 11 is 2.82. The summed E-state index contributed by atoms with van der Waals surface area (Å²) in [4.78, 5) is 12.5. The highest BCUT2D eigenvalue weighted by molar-refractivity contribution is 7.92. The number of nitrogens with zero attached hydrogens (tertiary/aromatic N) is 2. The summed E-state index contributed by atoms with van der Waals surface area (Å²) in [5, 5.41) is 15.7. The quantitative estimate of drug-likeness (QED) is 0.463. The number of para-hydroxylation sites is 1. The molecule has 2 heterocycles. The summed E-state index contributed by atoms with van der Waals surface area (Å²) < 4.78 is 27.4. The van der Waals surface area contributed by atoms with Gasteiger partial charge in [0.2, 0.25) is 5.13 Å². The van der Waals surface area contributed by atoms with Gasteiger partial charge in [0.15, 0.2) is 0 Å². The topological polar surface area (TPSA) is 101 Å². The maximum Gasteiger partial charge on any atom is 0.261 e. The van der Waals surface area contributed by atoms with Crippen molar-refractivity contribution < 1.29 is 13.2 Å². The fraction of sp³-hybridized carbons (Fsp3) is 0. The van der Waals surface area contributed by atoms with Gasteiger partial charge >= 0.3 is 0 Å². The lowest BCUT2D eigenvalue weighted by atomic mass is 10.2. The molecule has 2 N–H and O–H groups in total. The molecule has 0 aliphatic carbocycles. The molecule has 4 aromatic rings. The molecule has 0 saturated heterocycles. The lowest BCUT2D eigenvalue weighted by Crippen LogP contribution is -2.14. The number of aromatic nitrogens is 2. The van der Waals surface area contributed by atoms with Crippen molar-refractivity contribution in [3.05, 3.63) is 77.0 Å². The zero-order valence-electron chi connectivity index (χ0n) is 14.8. The molecule has 0 spiro atoms. The second-order valence-corrected chi connectivity index (χ2v) is 9.31. The number of rotatable bonds is 6. The molecule has 2 aromatic carbocycles. The van der Waals surface area contributed by atoms with Crippen LogP contribution < -0.4 is 10.0 Å². The van der Waals surface area contributed by atoms with Gasteiger partial charge in [0.1, 0.15) is 5.01 Å². The van der Waals surface area contributed by atoms with Crippen LogP contribution in [0.25, 0.3) is 10.6 Å². The number of carbonyl (C=O) groups is 1. The van der Waals surface area contributed by atoms with Crippen molar-refractivity contribution in [2.24, 2.45) is 0 Å². The number of sulfonamides is 1. The van der Waals surface area contributed by atoms with Crippen LogP contribution in [0, 0.1) is 0 Å². The second kappa shape index (κ2) is 8.11. The molecule has 0 unspecified atom stereocenters. The van der Waals surface area contributed by atoms with Crippen LogP contribution in [-0.4, -0.2) is 24.5 Å². The van der Waals surface area contributed by atoms with Crippen LogP contribution >= 0.6 is 22.7 Å². The lowest BCUT2D eigenvalue weighted by molar-refractivity contribution is 0.102. The zero-order chi connectivity index (χ0) is 20.3. The molecule has 0 radical (unpaired) electrons. The highest BCUT2D eigenvalue weighted by Gasteiger charge is 2.16. The van der Waals surface area contributed by atoms with E-state index in [0.717, 1.165) is 10.6 Å². The largest absolute Gasteiger partial charge is 0.296 e. The van der Waals surface area contributed by atoms with Crippen molar-refractivity contribution >= 4 is 49.4 Å². The molecular formula is C19H14N4O3S3. The maximum absolute atomic E-state index is 12.5. The third-order valence-corrected chi connectivity index (χ3v) is 6.83. The normalized spacial score (nSPS) is 11.2. The van der Waals surface area contributed by atoms with Crippen LogP contribution in [0.4, 0.5) is 10.8 Å². The van der Waals surface area contributed by atoms with Crippen LogP contribution in [0.5, 0.6) is 0 Å². The Morgan fingerprint density at radius 2 is 1.69 bits per heavy atom. The first-order valence-electron chi connectivity index (χ1n) is 8.37. The van der Waals surface area contributed by atoms with Crippen LogP contribution in [0.2, 0.25) is 0 Å². The number of amides is 1. The molecular weight excluding hydrogens is 428 g/mol. The summed E-state index contributed by atoms with van der Waals surface area (Å²) in [7, 11) is -3.74. The minimum atomic E-state index is -3.74. The van der Waals surface area contributed by atoms with Crippen LogP contribution in [0.3, 0.4) is 0 Å². The van der Waals surface area contributed by atoms with E-state index in [-0.39, 0.29) is 4.90 Å². The van der Waals surface area contributed by atoms with Crippen LogP contribution in [0.15, 0.2) is 76.3 Å². The van der Waals surface area contributed by atoms with E-state index < -0.39 is 15.9 Å². The van der Waals surface area contributed by atoms with Crippen molar-refractivity contribution in [3.63, 3.8) is 0 Å². The van der Waals surface area contributed by atoms with Gasteiger partial charge in [0, 0.05) is 22.2 Å². The van der Waals surface area contributed by atoms with Gasteiger partial charge < -0.3 is 0 Å². The number of carbonyl (C=O) groups excluding carboxylic acids is 1. The van der Waals surface area contributed by atoms with Gasteiger partial charge in [-0.1, -0.05) is 29.5 Å². The predicted octanol–water partition coefficient (Wildman–Crippen LogP) is 4.32. The van der Waals surface area contributed by atoms with Crippen molar-refractivity contribution in [3.8, 4) is 10.6 Å². The summed E-state index contributed by atoms with van der Waals surface area (Å²) in [6.07, 6.45) is 0. The second-order valence-electron chi connectivity index (χ2n) is 5.87. The third kappa shape index (κ3) is 4.50. The summed E-state index contributed by atoms with van der Waals surface area (Å²) in [6.45, 7) is 0. The monoisotopic (exact) mass is 442 g/mol. The van der Waals surface area contributed by atoms with E-state index in [1.54, 1.807) is 41.7 Å². The van der Waals surface area contributed by atoms with Gasteiger partial charge in [0.05, 0.1) is 4.90 Å². The van der Waals surface area contributed by atoms with Crippen molar-refractivity contribution in [1.29, 1.82) is 0 Å². The first-order chi connectivity index (χ1) is 14.0. The summed E-state index contributed by atoms with van der Waals surface area (Å²) in [5.41, 5.74) is 1.73. The van der Waals surface area contributed by atoms with Crippen molar-refractivity contribution in [2.45, 2.75) is 4.90 Å². The molecule has 146 valence electrons. The predicted molar refractivity (Wildman–Crippen MR) is 115 cm³/mol. The highest BCUT2D eigenvalue weighted by Crippen LogP contribution is 2.28. The average molecular weight is 443 g/mol. The molecule has 1 amide bonds. The Morgan fingerprint density at radius 1 is 0.931 bits per heavy atom. The van der Waals surface area contributed by atoms with Crippen LogP contribution in [0.1, 0.15) is 10.4 Å². The Hall–Kier alpha value is -3.08. The number of nitrogens with one attached hydrogen (secondary N) is 2. The number of anilines is 2. The first-order valence-corrected chi connectivity index (χ1v) is 11.6. The van der Waals surface area contributed by atoms with E-state index in [4.69, 9.17) is 0 Å². The molecule has 4 rings (SSSR count). The fourth-order valence-electron chi connectivity index (χ4n) is 2.45. The van der Waals surface area contributed by atoms with Gasteiger partial charge in [-0.15, -0.1) is 10.2 Å². The molecule has 10 heteroatoms. The minimum absolute atomic E-state index is 0.0635. The molecule has 7 nitrogen and oxygen atoms in total. The van der Waals surface area contributed by atoms with E-state index in [9.17, 15) is 13.2 Å². The van der Waals surface area contributed by atoms with Crippen molar-refractivity contribution in [2.75, 3.05) is 10.0 Å². The lowest BCUT2D eigenvalue weighted by Gasteiger charge is -2.08. The Morgan fingerprint density at radius 3 is 2.38 bits per heavy atom. The third-order valence-electron chi connectivity index (χ3n) is 3.87. The van der Waals surface area contributed by atoms with Gasteiger partial charge in [-0.05, 0) is 47.8 Å². The zero-order valence-corrected chi connectivity index (χ0v) is 17.2.